The number of carbonyl (C=O) groups excluding carboxylic acids is 3. The van der Waals surface area contributed by atoms with Crippen LogP contribution in [-0.2, 0) is 15.9 Å². The van der Waals surface area contributed by atoms with Gasteiger partial charge in [-0.25, -0.2) is 9.78 Å². The van der Waals surface area contributed by atoms with E-state index in [1.807, 2.05) is 51.1 Å². The Kier molecular flexibility index (Phi) is 9.41. The van der Waals surface area contributed by atoms with E-state index in [9.17, 15) is 14.4 Å². The van der Waals surface area contributed by atoms with Gasteiger partial charge in [-0.05, 0) is 51.3 Å². The van der Waals surface area contributed by atoms with E-state index in [-0.39, 0.29) is 29.7 Å². The molecule has 1 aromatic carbocycles. The average molecular weight is 497 g/mol. The van der Waals surface area contributed by atoms with Crippen LogP contribution < -0.4 is 10.6 Å². The van der Waals surface area contributed by atoms with Crippen molar-refractivity contribution in [2.45, 2.75) is 51.7 Å². The van der Waals surface area contributed by atoms with Crippen LogP contribution in [0.15, 0.2) is 42.5 Å². The van der Waals surface area contributed by atoms with Gasteiger partial charge in [0.05, 0.1) is 19.3 Å². The first-order chi connectivity index (χ1) is 17.1. The Morgan fingerprint density at radius 3 is 2.58 bits per heavy atom. The number of rotatable bonds is 8. The molecule has 1 aliphatic heterocycles. The molecule has 2 heterocycles. The van der Waals surface area contributed by atoms with Crippen molar-refractivity contribution in [1.82, 2.24) is 20.5 Å². The van der Waals surface area contributed by atoms with Gasteiger partial charge in [-0.1, -0.05) is 30.3 Å². The highest BCUT2D eigenvalue weighted by atomic mass is 16.6. The maximum atomic E-state index is 12.9. The summed E-state index contributed by atoms with van der Waals surface area (Å²) in [6, 6.07) is 13.0. The number of nitrogens with one attached hydrogen (secondary N) is 2. The van der Waals surface area contributed by atoms with Crippen LogP contribution >= 0.6 is 0 Å². The summed E-state index contributed by atoms with van der Waals surface area (Å²) in [6.07, 6.45) is 1.45. The first-order valence-corrected chi connectivity index (χ1v) is 12.3. The molecule has 1 atom stereocenters. The molecule has 1 unspecified atom stereocenters. The van der Waals surface area contributed by atoms with Gasteiger partial charge in [0.2, 0.25) is 0 Å². The summed E-state index contributed by atoms with van der Waals surface area (Å²) in [5, 5.41) is 5.49. The summed E-state index contributed by atoms with van der Waals surface area (Å²) in [6.45, 7) is 7.40. The molecule has 0 bridgehead atoms. The smallest absolute Gasteiger partial charge is 0.410 e. The van der Waals surface area contributed by atoms with Crippen molar-refractivity contribution in [3.8, 4) is 0 Å². The first kappa shape index (κ1) is 27.1. The second-order valence-electron chi connectivity index (χ2n) is 9.79. The fourth-order valence-corrected chi connectivity index (χ4v) is 3.88. The largest absolute Gasteiger partial charge is 0.444 e. The van der Waals surface area contributed by atoms with Crippen LogP contribution in [0.5, 0.6) is 0 Å². The van der Waals surface area contributed by atoms with Crippen LogP contribution in [0.4, 0.5) is 4.79 Å². The van der Waals surface area contributed by atoms with Crippen molar-refractivity contribution in [2.24, 2.45) is 0 Å². The van der Waals surface area contributed by atoms with E-state index in [1.54, 1.807) is 11.0 Å². The molecule has 2 N–H and O–H groups in total. The van der Waals surface area contributed by atoms with E-state index in [1.165, 1.54) is 13.1 Å². The average Bonchev–Trinajstić information content (AvgIpc) is 2.85. The minimum absolute atomic E-state index is 0.110. The SMILES string of the molecule is CNC(=O)c1cc(C(=O)NCCCC2CN(C(=O)OC(C)(C)C)CCO2)cc(Cc2ccccc2)n1. The number of pyridine rings is 1. The molecule has 9 heteroatoms. The van der Waals surface area contributed by atoms with Crippen molar-refractivity contribution < 1.29 is 23.9 Å². The molecule has 36 heavy (non-hydrogen) atoms. The molecule has 194 valence electrons. The van der Waals surface area contributed by atoms with Gasteiger partial charge in [0.15, 0.2) is 0 Å². The zero-order valence-electron chi connectivity index (χ0n) is 21.5. The second-order valence-corrected chi connectivity index (χ2v) is 9.79. The van der Waals surface area contributed by atoms with Gasteiger partial charge in [0.25, 0.3) is 11.8 Å². The number of aromatic nitrogens is 1. The molecular formula is C27H36N4O5. The van der Waals surface area contributed by atoms with Crippen LogP contribution in [0.3, 0.4) is 0 Å². The van der Waals surface area contributed by atoms with E-state index < -0.39 is 5.60 Å². The van der Waals surface area contributed by atoms with E-state index in [4.69, 9.17) is 9.47 Å². The number of ether oxygens (including phenoxy) is 2. The number of amides is 3. The summed E-state index contributed by atoms with van der Waals surface area (Å²) in [7, 11) is 1.53. The Hall–Kier alpha value is -3.46. The number of hydrogen-bond acceptors (Lipinski definition) is 6. The molecule has 1 aromatic heterocycles. The molecule has 3 rings (SSSR count). The number of nitrogens with zero attached hydrogens (tertiary/aromatic N) is 2. The van der Waals surface area contributed by atoms with Gasteiger partial charge >= 0.3 is 6.09 Å². The highest BCUT2D eigenvalue weighted by molar-refractivity contribution is 5.98. The van der Waals surface area contributed by atoms with Crippen LogP contribution in [0.25, 0.3) is 0 Å². The lowest BCUT2D eigenvalue weighted by atomic mass is 10.1. The predicted molar refractivity (Wildman–Crippen MR) is 136 cm³/mol. The number of benzene rings is 1. The van der Waals surface area contributed by atoms with Gasteiger partial charge in [0, 0.05) is 37.8 Å². The van der Waals surface area contributed by atoms with Crippen molar-refractivity contribution in [1.29, 1.82) is 0 Å². The van der Waals surface area contributed by atoms with E-state index in [0.717, 1.165) is 5.56 Å². The molecule has 1 fully saturated rings. The Morgan fingerprint density at radius 1 is 1.14 bits per heavy atom. The van der Waals surface area contributed by atoms with Gasteiger partial charge < -0.3 is 25.0 Å². The monoisotopic (exact) mass is 496 g/mol. The van der Waals surface area contributed by atoms with E-state index in [2.05, 4.69) is 15.6 Å². The van der Waals surface area contributed by atoms with Crippen LogP contribution in [-0.4, -0.2) is 72.8 Å². The summed E-state index contributed by atoms with van der Waals surface area (Å²) >= 11 is 0. The van der Waals surface area contributed by atoms with Crippen LogP contribution in [0.2, 0.25) is 0 Å². The molecule has 0 spiro atoms. The maximum Gasteiger partial charge on any atom is 0.410 e. The summed E-state index contributed by atoms with van der Waals surface area (Å²) < 4.78 is 11.2. The zero-order chi connectivity index (χ0) is 26.1. The lowest BCUT2D eigenvalue weighted by molar-refractivity contribution is -0.0449. The molecule has 0 aliphatic carbocycles. The van der Waals surface area contributed by atoms with Gasteiger partial charge in [-0.15, -0.1) is 0 Å². The second kappa shape index (κ2) is 12.5. The molecule has 0 radical (unpaired) electrons. The van der Waals surface area contributed by atoms with Crippen molar-refractivity contribution >= 4 is 17.9 Å². The topological polar surface area (TPSA) is 110 Å². The van der Waals surface area contributed by atoms with Crippen molar-refractivity contribution in [3.05, 3.63) is 65.0 Å². The fourth-order valence-electron chi connectivity index (χ4n) is 3.88. The Bertz CT molecular complexity index is 1050. The standard InChI is InChI=1S/C27H36N4O5/c1-27(2,3)36-26(34)31-13-14-35-22(18-31)11-8-12-29-24(32)20-16-21(15-19-9-6-5-7-10-19)30-23(17-20)25(33)28-4/h5-7,9-10,16-17,22H,8,11-15,18H2,1-4H3,(H,28,33)(H,29,32). The van der Waals surface area contributed by atoms with E-state index in [0.29, 0.717) is 56.8 Å². The van der Waals surface area contributed by atoms with Gasteiger partial charge in [-0.2, -0.15) is 0 Å². The highest BCUT2D eigenvalue weighted by Gasteiger charge is 2.28. The Morgan fingerprint density at radius 2 is 1.89 bits per heavy atom. The van der Waals surface area contributed by atoms with Crippen LogP contribution in [0, 0.1) is 0 Å². The van der Waals surface area contributed by atoms with Crippen LogP contribution in [0.1, 0.15) is 65.7 Å². The summed E-state index contributed by atoms with van der Waals surface area (Å²) in [5.41, 5.74) is 1.73. The predicted octanol–water partition coefficient (Wildman–Crippen LogP) is 3.18. The summed E-state index contributed by atoms with van der Waals surface area (Å²) in [5.74, 6) is -0.611. The molecule has 2 aromatic rings. The van der Waals surface area contributed by atoms with Crippen molar-refractivity contribution in [2.75, 3.05) is 33.3 Å². The molecule has 1 aliphatic rings. The Balaban J connectivity index is 1.54. The minimum Gasteiger partial charge on any atom is -0.444 e. The molecule has 3 amide bonds. The highest BCUT2D eigenvalue weighted by Crippen LogP contribution is 2.16. The normalized spacial score (nSPS) is 15.8. The third kappa shape index (κ3) is 8.34. The molecule has 1 saturated heterocycles. The zero-order valence-corrected chi connectivity index (χ0v) is 21.5. The lowest BCUT2D eigenvalue weighted by Crippen LogP contribution is -2.47. The minimum atomic E-state index is -0.541. The number of morpholine rings is 1. The lowest BCUT2D eigenvalue weighted by Gasteiger charge is -2.34. The third-order valence-electron chi connectivity index (χ3n) is 5.61. The van der Waals surface area contributed by atoms with Gasteiger partial charge in [-0.3, -0.25) is 9.59 Å². The number of hydrogen-bond donors (Lipinski definition) is 2. The first-order valence-electron chi connectivity index (χ1n) is 12.3. The summed E-state index contributed by atoms with van der Waals surface area (Å²) in [4.78, 5) is 43.5. The number of carbonyl (C=O) groups is 3. The molecule has 0 saturated carbocycles. The fraction of sp³-hybridized carbons (Fsp3) is 0.481. The maximum absolute atomic E-state index is 12.9. The van der Waals surface area contributed by atoms with Gasteiger partial charge in [0.1, 0.15) is 11.3 Å². The van der Waals surface area contributed by atoms with Crippen molar-refractivity contribution in [3.63, 3.8) is 0 Å². The van der Waals surface area contributed by atoms with E-state index >= 15 is 0 Å². The molecule has 9 nitrogen and oxygen atoms in total. The molecular weight excluding hydrogens is 460 g/mol. The quantitative estimate of drug-likeness (QED) is 0.543. The Labute approximate surface area is 212 Å². The third-order valence-corrected chi connectivity index (χ3v) is 5.61.